The zero-order valence-electron chi connectivity index (χ0n) is 11.0. The van der Waals surface area contributed by atoms with Crippen LogP contribution in [0.2, 0.25) is 0 Å². The van der Waals surface area contributed by atoms with Crippen molar-refractivity contribution in [1.82, 2.24) is 4.98 Å². The van der Waals surface area contributed by atoms with Crippen LogP contribution in [0.3, 0.4) is 0 Å². The minimum Gasteiger partial charge on any atom is -0.476 e. The van der Waals surface area contributed by atoms with Gasteiger partial charge in [0.2, 0.25) is 0 Å². The lowest BCUT2D eigenvalue weighted by molar-refractivity contribution is 0.0692. The minimum atomic E-state index is -3.49. The zero-order chi connectivity index (χ0) is 15.8. The number of nitrogens with one attached hydrogen (secondary N) is 1. The second kappa shape index (κ2) is 5.41. The molecule has 0 spiro atoms. The van der Waals surface area contributed by atoms with Crippen LogP contribution in [0.1, 0.15) is 15.5 Å². The SMILES string of the molecule is Cc1nc(C(=O)O)c(Nc2cc(S(C)(=O)=O)ccc2F)s1. The molecule has 9 heteroatoms. The molecule has 0 aliphatic heterocycles. The largest absolute Gasteiger partial charge is 0.476 e. The maximum Gasteiger partial charge on any atom is 0.357 e. The van der Waals surface area contributed by atoms with Gasteiger partial charge in [0.25, 0.3) is 0 Å². The minimum absolute atomic E-state index is 0.0653. The molecule has 1 aromatic carbocycles. The first-order valence-corrected chi connectivity index (χ1v) is 8.36. The molecule has 112 valence electrons. The number of halogens is 1. The lowest BCUT2D eigenvalue weighted by Gasteiger charge is -2.07. The lowest BCUT2D eigenvalue weighted by atomic mass is 10.3. The third-order valence-corrected chi connectivity index (χ3v) is 4.55. The van der Waals surface area contributed by atoms with Gasteiger partial charge in [-0.1, -0.05) is 0 Å². The van der Waals surface area contributed by atoms with Gasteiger partial charge in [0.1, 0.15) is 10.8 Å². The molecule has 2 rings (SSSR count). The maximum atomic E-state index is 13.8. The summed E-state index contributed by atoms with van der Waals surface area (Å²) in [5, 5.41) is 12.3. The van der Waals surface area contributed by atoms with Crippen LogP contribution >= 0.6 is 11.3 Å². The van der Waals surface area contributed by atoms with Crippen molar-refractivity contribution in [2.45, 2.75) is 11.8 Å². The van der Waals surface area contributed by atoms with Gasteiger partial charge in [-0.25, -0.2) is 22.6 Å². The number of thiazole rings is 1. The highest BCUT2D eigenvalue weighted by Crippen LogP contribution is 2.30. The fourth-order valence-electron chi connectivity index (χ4n) is 1.61. The van der Waals surface area contributed by atoms with Crippen molar-refractivity contribution in [3.8, 4) is 0 Å². The number of aromatic nitrogens is 1. The number of hydrogen-bond acceptors (Lipinski definition) is 6. The van der Waals surface area contributed by atoms with Crippen LogP contribution in [-0.4, -0.2) is 30.7 Å². The van der Waals surface area contributed by atoms with Crippen LogP contribution in [0, 0.1) is 12.7 Å². The summed E-state index contributed by atoms with van der Waals surface area (Å²) >= 11 is 1.04. The Morgan fingerprint density at radius 2 is 2.10 bits per heavy atom. The quantitative estimate of drug-likeness (QED) is 0.836. The van der Waals surface area contributed by atoms with Crippen LogP contribution < -0.4 is 5.32 Å². The van der Waals surface area contributed by atoms with E-state index < -0.39 is 21.6 Å². The molecule has 0 saturated carbocycles. The molecule has 0 aliphatic rings. The van der Waals surface area contributed by atoms with Crippen molar-refractivity contribution in [2.24, 2.45) is 0 Å². The predicted octanol–water partition coefficient (Wildman–Crippen LogP) is 2.44. The standard InChI is InChI=1S/C12H11FN2O4S2/c1-6-14-10(12(16)17)11(20-6)15-9-5-7(21(2,18)19)3-4-8(9)13/h3-5,15H,1-2H3,(H,16,17). The summed E-state index contributed by atoms with van der Waals surface area (Å²) < 4.78 is 36.7. The molecule has 0 aliphatic carbocycles. The molecule has 0 amide bonds. The third-order valence-electron chi connectivity index (χ3n) is 2.55. The third kappa shape index (κ3) is 3.37. The van der Waals surface area contributed by atoms with Gasteiger partial charge in [0.05, 0.1) is 15.6 Å². The topological polar surface area (TPSA) is 96.4 Å². The van der Waals surface area contributed by atoms with Crippen molar-refractivity contribution < 1.29 is 22.7 Å². The number of carboxylic acid groups (broad SMARTS) is 1. The van der Waals surface area contributed by atoms with Crippen molar-refractivity contribution in [2.75, 3.05) is 11.6 Å². The van der Waals surface area contributed by atoms with Crippen LogP contribution in [0.15, 0.2) is 23.1 Å². The zero-order valence-corrected chi connectivity index (χ0v) is 12.7. The second-order valence-electron chi connectivity index (χ2n) is 4.25. The summed E-state index contributed by atoms with van der Waals surface area (Å²) in [6, 6.07) is 3.27. The highest BCUT2D eigenvalue weighted by Gasteiger charge is 2.18. The molecule has 0 saturated heterocycles. The Morgan fingerprint density at radius 1 is 1.43 bits per heavy atom. The van der Waals surface area contributed by atoms with Crippen molar-refractivity contribution >= 4 is 37.8 Å². The molecule has 1 heterocycles. The first kappa shape index (κ1) is 15.4. The molecule has 0 unspecified atom stereocenters. The van der Waals surface area contributed by atoms with E-state index in [1.807, 2.05) is 0 Å². The Balaban J connectivity index is 2.47. The second-order valence-corrected chi connectivity index (χ2v) is 7.47. The lowest BCUT2D eigenvalue weighted by Crippen LogP contribution is -2.04. The van der Waals surface area contributed by atoms with Gasteiger partial charge in [-0.3, -0.25) is 0 Å². The van der Waals surface area contributed by atoms with Crippen LogP contribution in [-0.2, 0) is 9.84 Å². The smallest absolute Gasteiger partial charge is 0.357 e. The predicted molar refractivity (Wildman–Crippen MR) is 76.6 cm³/mol. The molecule has 2 aromatic rings. The number of sulfone groups is 1. The first-order chi connectivity index (χ1) is 9.68. The summed E-state index contributed by atoms with van der Waals surface area (Å²) in [7, 11) is -3.49. The van der Waals surface area contributed by atoms with E-state index in [4.69, 9.17) is 5.11 Å². The van der Waals surface area contributed by atoms with E-state index in [0.29, 0.717) is 5.01 Å². The molecule has 0 bridgehead atoms. The molecule has 0 fully saturated rings. The molecule has 0 radical (unpaired) electrons. The molecule has 1 aromatic heterocycles. The van der Waals surface area contributed by atoms with Crippen LogP contribution in [0.5, 0.6) is 0 Å². The number of benzene rings is 1. The average molecular weight is 330 g/mol. The Kier molecular flexibility index (Phi) is 3.97. The fraction of sp³-hybridized carbons (Fsp3) is 0.167. The molecule has 0 atom stereocenters. The maximum absolute atomic E-state index is 13.8. The number of carbonyl (C=O) groups is 1. The van der Waals surface area contributed by atoms with Gasteiger partial charge in [0.15, 0.2) is 15.5 Å². The number of hydrogen-bond donors (Lipinski definition) is 2. The number of rotatable bonds is 4. The molecule has 6 nitrogen and oxygen atoms in total. The van der Waals surface area contributed by atoms with E-state index in [-0.39, 0.29) is 21.3 Å². The van der Waals surface area contributed by atoms with Gasteiger partial charge in [0, 0.05) is 6.26 Å². The van der Waals surface area contributed by atoms with Gasteiger partial charge in [-0.15, -0.1) is 11.3 Å². The summed E-state index contributed by atoms with van der Waals surface area (Å²) in [5.41, 5.74) is -0.356. The normalized spacial score (nSPS) is 11.4. The highest BCUT2D eigenvalue weighted by atomic mass is 32.2. The number of carboxylic acids is 1. The number of nitrogens with zero attached hydrogens (tertiary/aromatic N) is 1. The highest BCUT2D eigenvalue weighted by molar-refractivity contribution is 7.90. The van der Waals surface area contributed by atoms with E-state index in [0.717, 1.165) is 35.8 Å². The van der Waals surface area contributed by atoms with Crippen molar-refractivity contribution in [1.29, 1.82) is 0 Å². The number of anilines is 2. The van der Waals surface area contributed by atoms with Crippen molar-refractivity contribution in [3.05, 3.63) is 34.7 Å². The monoisotopic (exact) mass is 330 g/mol. The molecule has 2 N–H and O–H groups in total. The summed E-state index contributed by atoms with van der Waals surface area (Å²) in [5.74, 6) is -1.94. The van der Waals surface area contributed by atoms with E-state index in [2.05, 4.69) is 10.3 Å². The Morgan fingerprint density at radius 3 is 2.67 bits per heavy atom. The Labute approximate surface area is 124 Å². The van der Waals surface area contributed by atoms with E-state index >= 15 is 0 Å². The summed E-state index contributed by atoms with van der Waals surface area (Å²) in [6.45, 7) is 1.62. The summed E-state index contributed by atoms with van der Waals surface area (Å²) in [4.78, 5) is 14.8. The average Bonchev–Trinajstić information content (AvgIpc) is 2.72. The Bertz CT molecular complexity index is 815. The van der Waals surface area contributed by atoms with Gasteiger partial charge >= 0.3 is 5.97 Å². The molecular weight excluding hydrogens is 319 g/mol. The van der Waals surface area contributed by atoms with Crippen molar-refractivity contribution in [3.63, 3.8) is 0 Å². The molecular formula is C12H11FN2O4S2. The van der Waals surface area contributed by atoms with Crippen LogP contribution in [0.25, 0.3) is 0 Å². The van der Waals surface area contributed by atoms with Crippen LogP contribution in [0.4, 0.5) is 15.1 Å². The first-order valence-electron chi connectivity index (χ1n) is 5.66. The fourth-order valence-corrected chi connectivity index (χ4v) is 3.08. The van der Waals surface area contributed by atoms with Gasteiger partial charge in [-0.2, -0.15) is 0 Å². The number of aryl methyl sites for hydroxylation is 1. The molecule has 21 heavy (non-hydrogen) atoms. The van der Waals surface area contributed by atoms with E-state index in [1.165, 1.54) is 0 Å². The van der Waals surface area contributed by atoms with E-state index in [1.54, 1.807) is 6.92 Å². The Hall–Kier alpha value is -2.00. The van der Waals surface area contributed by atoms with E-state index in [9.17, 15) is 17.6 Å². The summed E-state index contributed by atoms with van der Waals surface area (Å²) in [6.07, 6.45) is 1.00. The van der Waals surface area contributed by atoms with Gasteiger partial charge in [-0.05, 0) is 25.1 Å². The number of aromatic carboxylic acids is 1. The van der Waals surface area contributed by atoms with Gasteiger partial charge < -0.3 is 10.4 Å².